The molecule has 0 heterocycles. The van der Waals surface area contributed by atoms with Gasteiger partial charge in [0.2, 0.25) is 0 Å². The Morgan fingerprint density at radius 3 is 2.06 bits per heavy atom. The van der Waals surface area contributed by atoms with Crippen LogP contribution in [0, 0.1) is 0 Å². The van der Waals surface area contributed by atoms with Crippen molar-refractivity contribution in [2.75, 3.05) is 14.2 Å². The van der Waals surface area contributed by atoms with E-state index in [4.69, 9.17) is 9.47 Å². The standard InChI is InChI=1S/C13H20O4/c1-5-13(2,15)12(14)11-9(16-3)7-6-8-10(11)17-4/h6-8,12,14-15H,5H2,1-4H3. The highest BCUT2D eigenvalue weighted by Gasteiger charge is 2.33. The minimum absolute atomic E-state index is 0.426. The summed E-state index contributed by atoms with van der Waals surface area (Å²) in [6.45, 7) is 3.40. The second kappa shape index (κ2) is 5.38. The molecule has 0 bridgehead atoms. The largest absolute Gasteiger partial charge is 0.496 e. The molecule has 1 rings (SSSR count). The summed E-state index contributed by atoms with van der Waals surface area (Å²) in [5.74, 6) is 1.01. The molecule has 96 valence electrons. The summed E-state index contributed by atoms with van der Waals surface area (Å²) in [5.41, 5.74) is -0.744. The van der Waals surface area contributed by atoms with E-state index in [0.717, 1.165) is 0 Å². The van der Waals surface area contributed by atoms with Crippen LogP contribution in [-0.2, 0) is 0 Å². The molecular weight excluding hydrogens is 220 g/mol. The van der Waals surface area contributed by atoms with Crippen molar-refractivity contribution in [2.45, 2.75) is 32.0 Å². The zero-order valence-corrected chi connectivity index (χ0v) is 10.7. The van der Waals surface area contributed by atoms with Gasteiger partial charge in [0, 0.05) is 0 Å². The smallest absolute Gasteiger partial charge is 0.128 e. The quantitative estimate of drug-likeness (QED) is 0.825. The Balaban J connectivity index is 3.27. The number of aliphatic hydroxyl groups excluding tert-OH is 1. The van der Waals surface area contributed by atoms with E-state index in [0.29, 0.717) is 23.5 Å². The number of hydrogen-bond donors (Lipinski definition) is 2. The molecule has 2 unspecified atom stereocenters. The summed E-state index contributed by atoms with van der Waals surface area (Å²) in [5, 5.41) is 20.4. The van der Waals surface area contributed by atoms with Crippen LogP contribution in [0.1, 0.15) is 31.9 Å². The van der Waals surface area contributed by atoms with Gasteiger partial charge in [0.15, 0.2) is 0 Å². The van der Waals surface area contributed by atoms with Gasteiger partial charge < -0.3 is 19.7 Å². The third kappa shape index (κ3) is 2.70. The third-order valence-corrected chi connectivity index (χ3v) is 3.04. The Morgan fingerprint density at radius 1 is 1.24 bits per heavy atom. The molecule has 0 saturated carbocycles. The summed E-state index contributed by atoms with van der Waals surface area (Å²) in [6.07, 6.45) is -0.631. The molecular formula is C13H20O4. The van der Waals surface area contributed by atoms with Gasteiger partial charge in [-0.3, -0.25) is 0 Å². The van der Waals surface area contributed by atoms with Crippen LogP contribution >= 0.6 is 0 Å². The summed E-state index contributed by atoms with van der Waals surface area (Å²) >= 11 is 0. The SMILES string of the molecule is CCC(C)(O)C(O)c1c(OC)cccc1OC. The van der Waals surface area contributed by atoms with Crippen molar-refractivity contribution in [3.8, 4) is 11.5 Å². The van der Waals surface area contributed by atoms with Crippen LogP contribution in [0.5, 0.6) is 11.5 Å². The molecule has 0 aromatic heterocycles. The van der Waals surface area contributed by atoms with Gasteiger partial charge in [-0.2, -0.15) is 0 Å². The Hall–Kier alpha value is -1.26. The van der Waals surface area contributed by atoms with E-state index in [2.05, 4.69) is 0 Å². The number of ether oxygens (including phenoxy) is 2. The van der Waals surface area contributed by atoms with Gasteiger partial charge in [-0.1, -0.05) is 13.0 Å². The maximum atomic E-state index is 10.3. The molecule has 0 aliphatic rings. The van der Waals surface area contributed by atoms with Gasteiger partial charge in [-0.25, -0.2) is 0 Å². The summed E-state index contributed by atoms with van der Waals surface area (Å²) in [4.78, 5) is 0. The van der Waals surface area contributed by atoms with E-state index in [9.17, 15) is 10.2 Å². The van der Waals surface area contributed by atoms with E-state index >= 15 is 0 Å². The van der Waals surface area contributed by atoms with Crippen LogP contribution in [0.4, 0.5) is 0 Å². The van der Waals surface area contributed by atoms with Gasteiger partial charge in [0.05, 0.1) is 25.4 Å². The molecule has 4 nitrogen and oxygen atoms in total. The van der Waals surface area contributed by atoms with Crippen molar-refractivity contribution in [3.05, 3.63) is 23.8 Å². The lowest BCUT2D eigenvalue weighted by molar-refractivity contribution is -0.0675. The van der Waals surface area contributed by atoms with E-state index < -0.39 is 11.7 Å². The molecule has 1 aromatic rings. The number of methoxy groups -OCH3 is 2. The fraction of sp³-hybridized carbons (Fsp3) is 0.538. The highest BCUT2D eigenvalue weighted by atomic mass is 16.5. The fourth-order valence-corrected chi connectivity index (χ4v) is 1.65. The maximum Gasteiger partial charge on any atom is 0.128 e. The van der Waals surface area contributed by atoms with Gasteiger partial charge in [-0.15, -0.1) is 0 Å². The van der Waals surface area contributed by atoms with Gasteiger partial charge in [-0.05, 0) is 25.5 Å². The Labute approximate surface area is 102 Å². The van der Waals surface area contributed by atoms with Crippen LogP contribution in [0.3, 0.4) is 0 Å². The van der Waals surface area contributed by atoms with Crippen molar-refractivity contribution in [3.63, 3.8) is 0 Å². The van der Waals surface area contributed by atoms with Crippen LogP contribution in [0.25, 0.3) is 0 Å². The van der Waals surface area contributed by atoms with Crippen LogP contribution in [0.15, 0.2) is 18.2 Å². The Bertz CT molecular complexity index is 351. The molecule has 0 radical (unpaired) electrons. The molecule has 2 atom stereocenters. The average molecular weight is 240 g/mol. The molecule has 0 aliphatic carbocycles. The monoisotopic (exact) mass is 240 g/mol. The number of aliphatic hydroxyl groups is 2. The van der Waals surface area contributed by atoms with Crippen LogP contribution in [0.2, 0.25) is 0 Å². The Morgan fingerprint density at radius 2 is 1.71 bits per heavy atom. The first-order valence-corrected chi connectivity index (χ1v) is 5.59. The van der Waals surface area contributed by atoms with Crippen LogP contribution in [-0.4, -0.2) is 30.0 Å². The fourth-order valence-electron chi connectivity index (χ4n) is 1.65. The molecule has 4 heteroatoms. The zero-order valence-electron chi connectivity index (χ0n) is 10.7. The molecule has 0 amide bonds. The Kier molecular flexibility index (Phi) is 4.37. The molecule has 1 aromatic carbocycles. The van der Waals surface area contributed by atoms with Crippen molar-refractivity contribution in [2.24, 2.45) is 0 Å². The third-order valence-electron chi connectivity index (χ3n) is 3.04. The van der Waals surface area contributed by atoms with Crippen molar-refractivity contribution < 1.29 is 19.7 Å². The first-order chi connectivity index (χ1) is 7.97. The van der Waals surface area contributed by atoms with E-state index in [-0.39, 0.29) is 0 Å². The van der Waals surface area contributed by atoms with E-state index in [1.165, 1.54) is 14.2 Å². The molecule has 0 spiro atoms. The summed E-state index contributed by atoms with van der Waals surface area (Å²) in [7, 11) is 3.04. The zero-order chi connectivity index (χ0) is 13.1. The van der Waals surface area contributed by atoms with E-state index in [1.54, 1.807) is 25.1 Å². The molecule has 0 aliphatic heterocycles. The second-order valence-corrected chi connectivity index (χ2v) is 4.19. The van der Waals surface area contributed by atoms with Crippen molar-refractivity contribution >= 4 is 0 Å². The first-order valence-electron chi connectivity index (χ1n) is 5.59. The number of rotatable bonds is 5. The number of benzene rings is 1. The lowest BCUT2D eigenvalue weighted by atomic mass is 9.89. The minimum Gasteiger partial charge on any atom is -0.496 e. The normalized spacial score (nSPS) is 16.1. The van der Waals surface area contributed by atoms with Crippen molar-refractivity contribution in [1.82, 2.24) is 0 Å². The lowest BCUT2D eigenvalue weighted by Gasteiger charge is -2.30. The lowest BCUT2D eigenvalue weighted by Crippen LogP contribution is -2.32. The highest BCUT2D eigenvalue weighted by molar-refractivity contribution is 5.47. The first kappa shape index (κ1) is 13.8. The molecule has 0 fully saturated rings. The highest BCUT2D eigenvalue weighted by Crippen LogP contribution is 2.39. The van der Waals surface area contributed by atoms with Gasteiger partial charge in [0.25, 0.3) is 0 Å². The average Bonchev–Trinajstić information content (AvgIpc) is 2.36. The predicted molar refractivity (Wildman–Crippen MR) is 65.4 cm³/mol. The summed E-state index contributed by atoms with van der Waals surface area (Å²) < 4.78 is 10.4. The van der Waals surface area contributed by atoms with E-state index in [1.807, 2.05) is 6.92 Å². The summed E-state index contributed by atoms with van der Waals surface area (Å²) in [6, 6.07) is 5.23. The molecule has 0 saturated heterocycles. The topological polar surface area (TPSA) is 58.9 Å². The molecule has 2 N–H and O–H groups in total. The van der Waals surface area contributed by atoms with Crippen LogP contribution < -0.4 is 9.47 Å². The predicted octanol–water partition coefficient (Wildman–Crippen LogP) is 1.90. The second-order valence-electron chi connectivity index (χ2n) is 4.19. The number of hydrogen-bond acceptors (Lipinski definition) is 4. The van der Waals surface area contributed by atoms with Gasteiger partial charge >= 0.3 is 0 Å². The van der Waals surface area contributed by atoms with Crippen molar-refractivity contribution in [1.29, 1.82) is 0 Å². The maximum absolute atomic E-state index is 10.3. The minimum atomic E-state index is -1.22. The van der Waals surface area contributed by atoms with Gasteiger partial charge in [0.1, 0.15) is 17.6 Å². The molecule has 17 heavy (non-hydrogen) atoms.